The molecular formula is C10H7BrClNO2. The quantitative estimate of drug-likeness (QED) is 0.745. The number of hydrogen-bond acceptors (Lipinski definition) is 2. The number of hydrogen-bond donors (Lipinski definition) is 0. The monoisotopic (exact) mass is 287 g/mol. The van der Waals surface area contributed by atoms with Gasteiger partial charge in [0.15, 0.2) is 0 Å². The second kappa shape index (κ2) is 3.61. The number of fused-ring (bicyclic) bond motifs is 1. The fourth-order valence-electron chi connectivity index (χ4n) is 1.65. The number of carbonyl (C=O) groups excluding carboxylic acids is 2. The second-order valence-electron chi connectivity index (χ2n) is 3.13. The van der Waals surface area contributed by atoms with Crippen LogP contribution < -0.4 is 4.90 Å². The van der Waals surface area contributed by atoms with E-state index >= 15 is 0 Å². The van der Waals surface area contributed by atoms with Gasteiger partial charge in [-0.1, -0.05) is 11.6 Å². The number of rotatable bonds is 1. The Kier molecular flexibility index (Phi) is 2.56. The maximum Gasteiger partial charge on any atom is 0.299 e. The number of benzene rings is 1. The van der Waals surface area contributed by atoms with Crippen LogP contribution in [0.25, 0.3) is 0 Å². The van der Waals surface area contributed by atoms with E-state index in [1.807, 2.05) is 0 Å². The van der Waals surface area contributed by atoms with Crippen molar-refractivity contribution in [1.82, 2.24) is 0 Å². The molecule has 0 aliphatic carbocycles. The number of amides is 1. The summed E-state index contributed by atoms with van der Waals surface area (Å²) in [6.07, 6.45) is 0. The summed E-state index contributed by atoms with van der Waals surface area (Å²) in [5.74, 6) is -1.01. The van der Waals surface area contributed by atoms with Crippen molar-refractivity contribution in [2.24, 2.45) is 0 Å². The Bertz CT molecular complexity index is 473. The number of halogens is 2. The van der Waals surface area contributed by atoms with Crippen molar-refractivity contribution in [2.45, 2.75) is 6.92 Å². The molecule has 1 aliphatic rings. The molecule has 0 unspecified atom stereocenters. The summed E-state index contributed by atoms with van der Waals surface area (Å²) in [5.41, 5.74) is 0.887. The molecule has 1 aromatic carbocycles. The molecule has 1 aliphatic heterocycles. The van der Waals surface area contributed by atoms with Crippen LogP contribution in [0, 0.1) is 0 Å². The van der Waals surface area contributed by atoms with Gasteiger partial charge in [0.2, 0.25) is 0 Å². The van der Waals surface area contributed by atoms with Gasteiger partial charge in [-0.25, -0.2) is 0 Å². The van der Waals surface area contributed by atoms with E-state index in [9.17, 15) is 9.59 Å². The molecule has 0 spiro atoms. The van der Waals surface area contributed by atoms with E-state index in [-0.39, 0.29) is 0 Å². The molecule has 0 radical (unpaired) electrons. The fourth-order valence-corrected chi connectivity index (χ4v) is 2.41. The van der Waals surface area contributed by atoms with Crippen molar-refractivity contribution in [3.63, 3.8) is 0 Å². The smallest absolute Gasteiger partial charge is 0.299 e. The first-order valence-corrected chi connectivity index (χ1v) is 5.59. The van der Waals surface area contributed by atoms with Crippen molar-refractivity contribution in [2.75, 3.05) is 11.4 Å². The molecule has 5 heteroatoms. The zero-order valence-corrected chi connectivity index (χ0v) is 10.2. The van der Waals surface area contributed by atoms with Gasteiger partial charge in [0.1, 0.15) is 0 Å². The molecular weight excluding hydrogens is 281 g/mol. The molecule has 0 saturated heterocycles. The Morgan fingerprint density at radius 3 is 2.67 bits per heavy atom. The Labute approximate surface area is 100 Å². The predicted octanol–water partition coefficient (Wildman–Crippen LogP) is 2.65. The van der Waals surface area contributed by atoms with Gasteiger partial charge in [0, 0.05) is 11.0 Å². The summed E-state index contributed by atoms with van der Waals surface area (Å²) in [7, 11) is 0. The lowest BCUT2D eigenvalue weighted by atomic mass is 10.1. The molecule has 0 N–H and O–H groups in total. The van der Waals surface area contributed by atoms with Crippen LogP contribution in [0.4, 0.5) is 5.69 Å². The number of Topliss-reactive ketones (excluding diaryl/α,β-unsaturated/α-hetero) is 1. The van der Waals surface area contributed by atoms with Crippen LogP contribution in [0.2, 0.25) is 5.02 Å². The van der Waals surface area contributed by atoms with Crippen LogP contribution in [0.1, 0.15) is 17.3 Å². The zero-order valence-electron chi connectivity index (χ0n) is 7.88. The van der Waals surface area contributed by atoms with Crippen LogP contribution >= 0.6 is 27.5 Å². The van der Waals surface area contributed by atoms with E-state index in [2.05, 4.69) is 15.9 Å². The molecule has 0 bridgehead atoms. The molecule has 1 aromatic rings. The van der Waals surface area contributed by atoms with Crippen molar-refractivity contribution >= 4 is 44.9 Å². The third-order valence-corrected chi connectivity index (χ3v) is 3.30. The van der Waals surface area contributed by atoms with E-state index < -0.39 is 11.7 Å². The number of likely N-dealkylation sites (N-methyl/N-ethyl adjacent to an activating group) is 1. The molecule has 3 nitrogen and oxygen atoms in total. The van der Waals surface area contributed by atoms with Crippen LogP contribution in [-0.4, -0.2) is 18.2 Å². The SMILES string of the molecule is CCN1C(=O)C(=O)c2c(Br)ccc(Cl)c21. The second-order valence-corrected chi connectivity index (χ2v) is 4.39. The van der Waals surface area contributed by atoms with Gasteiger partial charge in [-0.05, 0) is 35.0 Å². The minimum absolute atomic E-state index is 0.370. The molecule has 0 saturated carbocycles. The van der Waals surface area contributed by atoms with Crippen molar-refractivity contribution < 1.29 is 9.59 Å². The lowest BCUT2D eigenvalue weighted by Gasteiger charge is -2.14. The van der Waals surface area contributed by atoms with E-state index in [0.717, 1.165) is 0 Å². The van der Waals surface area contributed by atoms with Crippen LogP contribution in [0.15, 0.2) is 16.6 Å². The lowest BCUT2D eigenvalue weighted by Crippen LogP contribution is -2.29. The summed E-state index contributed by atoms with van der Waals surface area (Å²) in [5, 5.41) is 0.425. The topological polar surface area (TPSA) is 37.4 Å². The summed E-state index contributed by atoms with van der Waals surface area (Å²) >= 11 is 9.23. The maximum absolute atomic E-state index is 11.7. The molecule has 78 valence electrons. The molecule has 1 amide bonds. The zero-order chi connectivity index (χ0) is 11.2. The summed E-state index contributed by atoms with van der Waals surface area (Å²) in [4.78, 5) is 24.6. The van der Waals surface area contributed by atoms with Crippen molar-refractivity contribution in [3.05, 3.63) is 27.2 Å². The van der Waals surface area contributed by atoms with Crippen LogP contribution in [0.3, 0.4) is 0 Å². The average Bonchev–Trinajstić information content (AvgIpc) is 2.47. The van der Waals surface area contributed by atoms with Gasteiger partial charge in [0.25, 0.3) is 11.7 Å². The van der Waals surface area contributed by atoms with E-state index in [4.69, 9.17) is 11.6 Å². The minimum Gasteiger partial charge on any atom is -0.304 e. The van der Waals surface area contributed by atoms with Gasteiger partial charge in [-0.3, -0.25) is 9.59 Å². The molecule has 2 rings (SSSR count). The van der Waals surface area contributed by atoms with E-state index in [1.54, 1.807) is 19.1 Å². The van der Waals surface area contributed by atoms with Gasteiger partial charge in [-0.2, -0.15) is 0 Å². The highest BCUT2D eigenvalue weighted by Gasteiger charge is 2.38. The first kappa shape index (κ1) is 10.6. The molecule has 1 heterocycles. The number of nitrogens with zero attached hydrogens (tertiary/aromatic N) is 1. The van der Waals surface area contributed by atoms with Crippen molar-refractivity contribution in [3.8, 4) is 0 Å². The highest BCUT2D eigenvalue weighted by molar-refractivity contribution is 9.10. The maximum atomic E-state index is 11.7. The fraction of sp³-hybridized carbons (Fsp3) is 0.200. The largest absolute Gasteiger partial charge is 0.304 e. The van der Waals surface area contributed by atoms with Gasteiger partial charge < -0.3 is 4.90 Å². The summed E-state index contributed by atoms with van der Waals surface area (Å²) in [6, 6.07) is 3.34. The third kappa shape index (κ3) is 1.40. The van der Waals surface area contributed by atoms with E-state index in [1.165, 1.54) is 4.90 Å². The van der Waals surface area contributed by atoms with Crippen LogP contribution in [-0.2, 0) is 4.79 Å². The standard InChI is InChI=1S/C10H7BrClNO2/c1-2-13-8-6(12)4-3-5(11)7(8)9(14)10(13)15/h3-4H,2H2,1H3. The molecule has 0 fully saturated rings. The first-order chi connectivity index (χ1) is 7.07. The first-order valence-electron chi connectivity index (χ1n) is 4.42. The van der Waals surface area contributed by atoms with Gasteiger partial charge in [-0.15, -0.1) is 0 Å². The van der Waals surface area contributed by atoms with E-state index in [0.29, 0.717) is 27.3 Å². The minimum atomic E-state index is -0.513. The van der Waals surface area contributed by atoms with Gasteiger partial charge in [0.05, 0.1) is 16.3 Å². The number of carbonyl (C=O) groups is 2. The Morgan fingerprint density at radius 2 is 2.07 bits per heavy atom. The van der Waals surface area contributed by atoms with Gasteiger partial charge >= 0.3 is 0 Å². The Morgan fingerprint density at radius 1 is 1.40 bits per heavy atom. The Hall–Kier alpha value is -0.870. The summed E-state index contributed by atoms with van der Waals surface area (Å²) < 4.78 is 0.608. The lowest BCUT2D eigenvalue weighted by molar-refractivity contribution is -0.114. The average molecular weight is 289 g/mol. The molecule has 0 atom stereocenters. The third-order valence-electron chi connectivity index (χ3n) is 2.33. The number of ketones is 1. The van der Waals surface area contributed by atoms with Crippen LogP contribution in [0.5, 0.6) is 0 Å². The highest BCUT2D eigenvalue weighted by Crippen LogP contribution is 2.39. The highest BCUT2D eigenvalue weighted by atomic mass is 79.9. The predicted molar refractivity (Wildman–Crippen MR) is 61.5 cm³/mol. The normalized spacial score (nSPS) is 14.7. The molecule has 15 heavy (non-hydrogen) atoms. The molecule has 0 aromatic heterocycles. The number of anilines is 1. The Balaban J connectivity index is 2.75. The van der Waals surface area contributed by atoms with Crippen molar-refractivity contribution in [1.29, 1.82) is 0 Å². The summed E-state index contributed by atoms with van der Waals surface area (Å²) in [6.45, 7) is 2.24.